The lowest BCUT2D eigenvalue weighted by molar-refractivity contribution is 0.101. The summed E-state index contributed by atoms with van der Waals surface area (Å²) in [7, 11) is -3.25. The van der Waals surface area contributed by atoms with Gasteiger partial charge in [0.25, 0.3) is 0 Å². The van der Waals surface area contributed by atoms with Gasteiger partial charge in [-0.25, -0.2) is 8.42 Å². The molecule has 1 aromatic carbocycles. The predicted molar refractivity (Wildman–Crippen MR) is 84.5 cm³/mol. The minimum absolute atomic E-state index is 0.121. The van der Waals surface area contributed by atoms with Crippen LogP contribution in [0.5, 0.6) is 0 Å². The smallest absolute Gasteiger partial charge is 0.218 e. The number of sulfonamides is 1. The van der Waals surface area contributed by atoms with Crippen LogP contribution < -0.4 is 5.32 Å². The molecule has 4 nitrogen and oxygen atoms in total. The van der Waals surface area contributed by atoms with Crippen LogP contribution in [0.3, 0.4) is 0 Å². The van der Waals surface area contributed by atoms with Gasteiger partial charge in [-0.3, -0.25) is 0 Å². The summed E-state index contributed by atoms with van der Waals surface area (Å²) in [5, 5.41) is 3.41. The second-order valence-electron chi connectivity index (χ2n) is 6.28. The highest BCUT2D eigenvalue weighted by Crippen LogP contribution is 2.37. The highest BCUT2D eigenvalue weighted by atomic mass is 32.2. The third-order valence-electron chi connectivity index (χ3n) is 4.79. The minimum atomic E-state index is -3.25. The largest absolute Gasteiger partial charge is 0.314 e. The normalized spacial score (nSPS) is 23.2. The Kier molecular flexibility index (Phi) is 4.33. The van der Waals surface area contributed by atoms with Crippen LogP contribution in [0.4, 0.5) is 0 Å². The van der Waals surface area contributed by atoms with Crippen LogP contribution in [-0.2, 0) is 15.8 Å². The van der Waals surface area contributed by atoms with Crippen molar-refractivity contribution in [3.8, 4) is 0 Å². The molecule has 1 aromatic rings. The van der Waals surface area contributed by atoms with Crippen molar-refractivity contribution >= 4 is 10.0 Å². The van der Waals surface area contributed by atoms with E-state index in [1.807, 2.05) is 34.6 Å². The van der Waals surface area contributed by atoms with Crippen molar-refractivity contribution in [3.05, 3.63) is 35.9 Å². The molecule has 1 saturated heterocycles. The summed E-state index contributed by atoms with van der Waals surface area (Å²) >= 11 is 0. The Morgan fingerprint density at radius 3 is 2.52 bits per heavy atom. The van der Waals surface area contributed by atoms with Crippen molar-refractivity contribution in [2.24, 2.45) is 0 Å². The van der Waals surface area contributed by atoms with Gasteiger partial charge >= 0.3 is 0 Å². The lowest BCUT2D eigenvalue weighted by Crippen LogP contribution is -2.63. The summed E-state index contributed by atoms with van der Waals surface area (Å²) in [5.74, 6) is 0.121. The molecule has 0 bridgehead atoms. The summed E-state index contributed by atoms with van der Waals surface area (Å²) < 4.78 is 27.7. The molecule has 1 heterocycles. The number of rotatable bonds is 3. The molecule has 1 aliphatic heterocycles. The van der Waals surface area contributed by atoms with Crippen LogP contribution in [0.1, 0.15) is 37.7 Å². The second kappa shape index (κ2) is 6.07. The first-order valence-corrected chi connectivity index (χ1v) is 9.49. The monoisotopic (exact) mass is 308 g/mol. The van der Waals surface area contributed by atoms with Crippen LogP contribution in [0, 0.1) is 0 Å². The minimum Gasteiger partial charge on any atom is -0.314 e. The molecular formula is C16H24N2O2S. The molecule has 3 rings (SSSR count). The standard InChI is InChI=1S/C16H24N2O2S/c19-21(20,13-15-7-3-1-4-8-15)18-12-11-17-14-16(18)9-5-2-6-10-16/h1,3-4,7-8,17H,2,5-6,9-14H2. The van der Waals surface area contributed by atoms with E-state index in [-0.39, 0.29) is 11.3 Å². The zero-order valence-electron chi connectivity index (χ0n) is 12.4. The summed E-state index contributed by atoms with van der Waals surface area (Å²) in [6.07, 6.45) is 5.49. The van der Waals surface area contributed by atoms with E-state index in [4.69, 9.17) is 0 Å². The molecule has 21 heavy (non-hydrogen) atoms. The van der Waals surface area contributed by atoms with E-state index in [1.165, 1.54) is 6.42 Å². The number of nitrogens with one attached hydrogen (secondary N) is 1. The van der Waals surface area contributed by atoms with Gasteiger partial charge < -0.3 is 5.32 Å². The molecule has 2 aliphatic rings. The summed E-state index contributed by atoms with van der Waals surface area (Å²) in [6.45, 7) is 2.17. The van der Waals surface area contributed by atoms with Gasteiger partial charge in [-0.15, -0.1) is 0 Å². The van der Waals surface area contributed by atoms with E-state index >= 15 is 0 Å². The van der Waals surface area contributed by atoms with E-state index in [1.54, 1.807) is 0 Å². The molecule has 1 N–H and O–H groups in total. The maximum atomic E-state index is 12.9. The molecule has 1 spiro atoms. The fourth-order valence-electron chi connectivity index (χ4n) is 3.76. The fourth-order valence-corrected chi connectivity index (χ4v) is 5.74. The molecule has 1 aliphatic carbocycles. The average molecular weight is 308 g/mol. The molecule has 0 aromatic heterocycles. The van der Waals surface area contributed by atoms with Crippen molar-refractivity contribution in [3.63, 3.8) is 0 Å². The van der Waals surface area contributed by atoms with Crippen LogP contribution in [0.25, 0.3) is 0 Å². The molecule has 0 atom stereocenters. The highest BCUT2D eigenvalue weighted by Gasteiger charge is 2.45. The lowest BCUT2D eigenvalue weighted by Gasteiger charge is -2.48. The van der Waals surface area contributed by atoms with Crippen molar-refractivity contribution in [2.75, 3.05) is 19.6 Å². The van der Waals surface area contributed by atoms with Crippen LogP contribution in [-0.4, -0.2) is 37.9 Å². The maximum Gasteiger partial charge on any atom is 0.218 e. The fraction of sp³-hybridized carbons (Fsp3) is 0.625. The number of nitrogens with zero attached hydrogens (tertiary/aromatic N) is 1. The van der Waals surface area contributed by atoms with Gasteiger partial charge in [0.1, 0.15) is 0 Å². The highest BCUT2D eigenvalue weighted by molar-refractivity contribution is 7.88. The van der Waals surface area contributed by atoms with Gasteiger partial charge in [-0.1, -0.05) is 49.6 Å². The Morgan fingerprint density at radius 1 is 1.10 bits per heavy atom. The summed E-state index contributed by atoms with van der Waals surface area (Å²) in [4.78, 5) is 0. The first kappa shape index (κ1) is 15.0. The molecule has 2 fully saturated rings. The predicted octanol–water partition coefficient (Wildman–Crippen LogP) is 2.12. The van der Waals surface area contributed by atoms with E-state index < -0.39 is 10.0 Å². The van der Waals surface area contributed by atoms with E-state index in [2.05, 4.69) is 5.32 Å². The number of piperazine rings is 1. The topological polar surface area (TPSA) is 49.4 Å². The SMILES string of the molecule is O=S(=O)(Cc1ccccc1)N1CCNCC12CCCCC2. The van der Waals surface area contributed by atoms with Crippen LogP contribution in [0.2, 0.25) is 0 Å². The molecular weight excluding hydrogens is 284 g/mol. The van der Waals surface area contributed by atoms with Gasteiger partial charge in [0, 0.05) is 25.2 Å². The van der Waals surface area contributed by atoms with E-state index in [0.29, 0.717) is 6.54 Å². The average Bonchev–Trinajstić information content (AvgIpc) is 2.49. The summed E-state index contributed by atoms with van der Waals surface area (Å²) in [6, 6.07) is 9.52. The number of hydrogen-bond donors (Lipinski definition) is 1. The Hall–Kier alpha value is -0.910. The van der Waals surface area contributed by atoms with Crippen molar-refractivity contribution in [2.45, 2.75) is 43.4 Å². The van der Waals surface area contributed by atoms with Gasteiger partial charge in [-0.2, -0.15) is 4.31 Å². The molecule has 116 valence electrons. The van der Waals surface area contributed by atoms with Crippen molar-refractivity contribution in [1.29, 1.82) is 0 Å². The zero-order valence-corrected chi connectivity index (χ0v) is 13.2. The third-order valence-corrected chi connectivity index (χ3v) is 6.73. The van der Waals surface area contributed by atoms with Crippen LogP contribution in [0.15, 0.2) is 30.3 Å². The number of hydrogen-bond acceptors (Lipinski definition) is 3. The summed E-state index contributed by atoms with van der Waals surface area (Å²) in [5.41, 5.74) is 0.700. The Balaban J connectivity index is 1.85. The van der Waals surface area contributed by atoms with Crippen LogP contribution >= 0.6 is 0 Å². The Labute approximate surface area is 127 Å². The van der Waals surface area contributed by atoms with Gasteiger partial charge in [0.05, 0.1) is 5.75 Å². The maximum absolute atomic E-state index is 12.9. The van der Waals surface area contributed by atoms with Crippen molar-refractivity contribution in [1.82, 2.24) is 9.62 Å². The van der Waals surface area contributed by atoms with Crippen molar-refractivity contribution < 1.29 is 8.42 Å². The quantitative estimate of drug-likeness (QED) is 0.930. The van der Waals surface area contributed by atoms with E-state index in [0.717, 1.165) is 44.3 Å². The first-order valence-electron chi connectivity index (χ1n) is 7.88. The van der Waals surface area contributed by atoms with Gasteiger partial charge in [0.15, 0.2) is 0 Å². The van der Waals surface area contributed by atoms with E-state index in [9.17, 15) is 8.42 Å². The van der Waals surface area contributed by atoms with Gasteiger partial charge in [-0.05, 0) is 18.4 Å². The van der Waals surface area contributed by atoms with Gasteiger partial charge in [0.2, 0.25) is 10.0 Å². The molecule has 0 radical (unpaired) electrons. The molecule has 1 saturated carbocycles. The molecule has 0 unspecified atom stereocenters. The zero-order chi connectivity index (χ0) is 14.8. The molecule has 5 heteroatoms. The number of benzene rings is 1. The first-order chi connectivity index (χ1) is 10.1. The lowest BCUT2D eigenvalue weighted by atomic mass is 9.80. The molecule has 0 amide bonds. The second-order valence-corrected chi connectivity index (χ2v) is 8.17. The Bertz CT molecular complexity index is 557. The Morgan fingerprint density at radius 2 is 1.81 bits per heavy atom. The third kappa shape index (κ3) is 3.15.